The van der Waals surface area contributed by atoms with Crippen LogP contribution >= 0.6 is 0 Å². The van der Waals surface area contributed by atoms with Gasteiger partial charge in [0.15, 0.2) is 0 Å². The number of hydrogen-bond acceptors (Lipinski definition) is 2. The molecular formula is C12H24N2. The Kier molecular flexibility index (Phi) is 3.38. The van der Waals surface area contributed by atoms with E-state index in [1.54, 1.807) is 0 Å². The number of nitrogens with zero attached hydrogens (tertiary/aromatic N) is 1. The van der Waals surface area contributed by atoms with Gasteiger partial charge in [-0.05, 0) is 19.3 Å². The van der Waals surface area contributed by atoms with Crippen LogP contribution in [0.1, 0.15) is 27.7 Å². The van der Waals surface area contributed by atoms with Crippen molar-refractivity contribution in [3.05, 3.63) is 12.7 Å². The number of rotatable bonds is 2. The Bertz CT molecular complexity index is 188. The molecule has 1 aliphatic heterocycles. The van der Waals surface area contributed by atoms with Crippen molar-refractivity contribution >= 4 is 0 Å². The Balaban J connectivity index is 2.70. The lowest BCUT2D eigenvalue weighted by atomic mass is 9.93. The summed E-state index contributed by atoms with van der Waals surface area (Å²) in [6.07, 6.45) is 2.00. The summed E-state index contributed by atoms with van der Waals surface area (Å²) >= 11 is 0. The lowest BCUT2D eigenvalue weighted by Gasteiger charge is -2.29. The molecule has 0 spiro atoms. The largest absolute Gasteiger partial charge is 0.310 e. The molecule has 0 radical (unpaired) electrons. The molecule has 82 valence electrons. The summed E-state index contributed by atoms with van der Waals surface area (Å²) in [5, 5.41) is 3.62. The summed E-state index contributed by atoms with van der Waals surface area (Å²) < 4.78 is 0. The van der Waals surface area contributed by atoms with Crippen molar-refractivity contribution in [2.75, 3.05) is 26.2 Å². The van der Waals surface area contributed by atoms with Gasteiger partial charge in [0.1, 0.15) is 0 Å². The highest BCUT2D eigenvalue weighted by atomic mass is 15.2. The maximum Gasteiger partial charge on any atom is 0.0252 e. The zero-order valence-electron chi connectivity index (χ0n) is 10.1. The molecule has 0 bridgehead atoms. The summed E-state index contributed by atoms with van der Waals surface area (Å²) in [6.45, 7) is 17.3. The van der Waals surface area contributed by atoms with Crippen LogP contribution in [0.4, 0.5) is 0 Å². The second-order valence-electron chi connectivity index (χ2n) is 5.86. The van der Waals surface area contributed by atoms with Crippen molar-refractivity contribution in [2.45, 2.75) is 33.2 Å². The summed E-state index contributed by atoms with van der Waals surface area (Å²) in [5.74, 6) is 0. The molecule has 2 heteroatoms. The molecule has 0 aromatic rings. The van der Waals surface area contributed by atoms with Gasteiger partial charge in [0.25, 0.3) is 0 Å². The van der Waals surface area contributed by atoms with Crippen LogP contribution in [0.2, 0.25) is 0 Å². The third-order valence-corrected chi connectivity index (χ3v) is 2.70. The highest BCUT2D eigenvalue weighted by Gasteiger charge is 2.31. The number of hydrogen-bond donors (Lipinski definition) is 1. The van der Waals surface area contributed by atoms with Gasteiger partial charge in [-0.25, -0.2) is 0 Å². The van der Waals surface area contributed by atoms with Crippen LogP contribution in [0.25, 0.3) is 0 Å². The van der Waals surface area contributed by atoms with E-state index in [2.05, 4.69) is 44.5 Å². The standard InChI is InChI=1S/C12H24N2/c1-6-7-14-9-11(2,3)8-13-12(4,5)10-14/h6,13H,1,7-10H2,2-5H3. The van der Waals surface area contributed by atoms with Crippen molar-refractivity contribution in [1.82, 2.24) is 10.2 Å². The maximum absolute atomic E-state index is 3.82. The van der Waals surface area contributed by atoms with Crippen LogP contribution in [-0.2, 0) is 0 Å². The molecule has 0 unspecified atom stereocenters. The first-order chi connectivity index (χ1) is 6.35. The summed E-state index contributed by atoms with van der Waals surface area (Å²) in [4.78, 5) is 2.48. The molecule has 0 amide bonds. The van der Waals surface area contributed by atoms with Gasteiger partial charge < -0.3 is 5.32 Å². The lowest BCUT2D eigenvalue weighted by Crippen LogP contribution is -2.46. The van der Waals surface area contributed by atoms with Crippen molar-refractivity contribution < 1.29 is 0 Å². The first-order valence-corrected chi connectivity index (χ1v) is 5.43. The van der Waals surface area contributed by atoms with E-state index < -0.39 is 0 Å². The normalized spacial score (nSPS) is 26.9. The van der Waals surface area contributed by atoms with Gasteiger partial charge in [0.2, 0.25) is 0 Å². The third kappa shape index (κ3) is 3.43. The molecule has 1 N–H and O–H groups in total. The topological polar surface area (TPSA) is 15.3 Å². The maximum atomic E-state index is 3.82. The summed E-state index contributed by atoms with van der Waals surface area (Å²) in [5.41, 5.74) is 0.577. The zero-order chi connectivity index (χ0) is 10.8. The van der Waals surface area contributed by atoms with E-state index in [-0.39, 0.29) is 5.54 Å². The summed E-state index contributed by atoms with van der Waals surface area (Å²) in [6, 6.07) is 0. The molecule has 1 aliphatic rings. The van der Waals surface area contributed by atoms with Gasteiger partial charge in [0, 0.05) is 31.7 Å². The molecule has 0 aromatic heterocycles. The Hall–Kier alpha value is -0.340. The molecular weight excluding hydrogens is 172 g/mol. The SMILES string of the molecule is C=CCN1CC(C)(C)CNC(C)(C)C1. The van der Waals surface area contributed by atoms with Gasteiger partial charge in [-0.3, -0.25) is 4.90 Å². The van der Waals surface area contributed by atoms with E-state index in [9.17, 15) is 0 Å². The van der Waals surface area contributed by atoms with E-state index in [1.807, 2.05) is 6.08 Å². The van der Waals surface area contributed by atoms with Crippen LogP contribution in [0.3, 0.4) is 0 Å². The van der Waals surface area contributed by atoms with Gasteiger partial charge in [-0.1, -0.05) is 19.9 Å². The fourth-order valence-electron chi connectivity index (χ4n) is 2.12. The van der Waals surface area contributed by atoms with E-state index in [1.165, 1.54) is 0 Å². The molecule has 1 heterocycles. The Morgan fingerprint density at radius 3 is 2.50 bits per heavy atom. The molecule has 0 aliphatic carbocycles. The van der Waals surface area contributed by atoms with Gasteiger partial charge >= 0.3 is 0 Å². The van der Waals surface area contributed by atoms with Crippen molar-refractivity contribution in [1.29, 1.82) is 0 Å². The van der Waals surface area contributed by atoms with E-state index in [0.29, 0.717) is 5.41 Å². The molecule has 14 heavy (non-hydrogen) atoms. The van der Waals surface area contributed by atoms with E-state index in [0.717, 1.165) is 26.2 Å². The second kappa shape index (κ2) is 4.03. The smallest absolute Gasteiger partial charge is 0.0252 e. The average molecular weight is 196 g/mol. The molecule has 1 rings (SSSR count). The summed E-state index contributed by atoms with van der Waals surface area (Å²) in [7, 11) is 0. The van der Waals surface area contributed by atoms with Gasteiger partial charge in [-0.2, -0.15) is 0 Å². The van der Waals surface area contributed by atoms with Crippen molar-refractivity contribution in [2.24, 2.45) is 5.41 Å². The predicted octanol–water partition coefficient (Wildman–Crippen LogP) is 1.88. The van der Waals surface area contributed by atoms with Crippen molar-refractivity contribution in [3.8, 4) is 0 Å². The van der Waals surface area contributed by atoms with Crippen LogP contribution in [0.15, 0.2) is 12.7 Å². The second-order valence-corrected chi connectivity index (χ2v) is 5.86. The zero-order valence-corrected chi connectivity index (χ0v) is 10.1. The van der Waals surface area contributed by atoms with E-state index in [4.69, 9.17) is 0 Å². The first kappa shape index (κ1) is 11.7. The lowest BCUT2D eigenvalue weighted by molar-refractivity contribution is 0.209. The first-order valence-electron chi connectivity index (χ1n) is 5.43. The average Bonchev–Trinajstić information content (AvgIpc) is 2.08. The minimum absolute atomic E-state index is 0.219. The molecule has 2 nitrogen and oxygen atoms in total. The quantitative estimate of drug-likeness (QED) is 0.678. The van der Waals surface area contributed by atoms with Crippen molar-refractivity contribution in [3.63, 3.8) is 0 Å². The fourth-order valence-corrected chi connectivity index (χ4v) is 2.12. The third-order valence-electron chi connectivity index (χ3n) is 2.70. The van der Waals surface area contributed by atoms with E-state index >= 15 is 0 Å². The van der Waals surface area contributed by atoms with Crippen LogP contribution < -0.4 is 5.32 Å². The molecule has 0 atom stereocenters. The fraction of sp³-hybridized carbons (Fsp3) is 0.833. The highest BCUT2D eigenvalue weighted by Crippen LogP contribution is 2.22. The van der Waals surface area contributed by atoms with Gasteiger partial charge in [-0.15, -0.1) is 6.58 Å². The molecule has 0 aromatic carbocycles. The van der Waals surface area contributed by atoms with Gasteiger partial charge in [0.05, 0.1) is 0 Å². The number of nitrogens with one attached hydrogen (secondary N) is 1. The predicted molar refractivity (Wildman–Crippen MR) is 62.5 cm³/mol. The molecule has 0 saturated carbocycles. The minimum Gasteiger partial charge on any atom is -0.310 e. The Morgan fingerprint density at radius 2 is 1.93 bits per heavy atom. The molecule has 1 saturated heterocycles. The highest BCUT2D eigenvalue weighted by molar-refractivity contribution is 4.92. The Labute approximate surface area is 88.4 Å². The van der Waals surface area contributed by atoms with Crippen LogP contribution in [0, 0.1) is 5.41 Å². The van der Waals surface area contributed by atoms with Crippen LogP contribution in [-0.4, -0.2) is 36.6 Å². The van der Waals surface area contributed by atoms with Crippen LogP contribution in [0.5, 0.6) is 0 Å². The minimum atomic E-state index is 0.219. The molecule has 1 fully saturated rings. The monoisotopic (exact) mass is 196 g/mol. The Morgan fingerprint density at radius 1 is 1.29 bits per heavy atom.